The van der Waals surface area contributed by atoms with Crippen LogP contribution in [-0.4, -0.2) is 32.0 Å². The van der Waals surface area contributed by atoms with E-state index in [-0.39, 0.29) is 28.0 Å². The molecule has 0 spiro atoms. The fourth-order valence-corrected chi connectivity index (χ4v) is 4.25. The van der Waals surface area contributed by atoms with Crippen molar-refractivity contribution >= 4 is 27.1 Å². The van der Waals surface area contributed by atoms with Gasteiger partial charge in [-0.15, -0.1) is 11.3 Å². The predicted molar refractivity (Wildman–Crippen MR) is 84.2 cm³/mol. The van der Waals surface area contributed by atoms with Gasteiger partial charge in [0.1, 0.15) is 10.7 Å². The van der Waals surface area contributed by atoms with Crippen LogP contribution in [0.25, 0.3) is 0 Å². The van der Waals surface area contributed by atoms with Crippen LogP contribution in [0.4, 0.5) is 4.39 Å². The number of nitrogens with zero attached hydrogens (tertiary/aromatic N) is 1. The maximum absolute atomic E-state index is 13.2. The van der Waals surface area contributed by atoms with Crippen molar-refractivity contribution in [2.24, 2.45) is 0 Å². The largest absolute Gasteiger partial charge is 0.334 e. The Morgan fingerprint density at radius 1 is 1.32 bits per heavy atom. The molecule has 4 nitrogen and oxygen atoms in total. The van der Waals surface area contributed by atoms with Gasteiger partial charge in [0, 0.05) is 19.3 Å². The summed E-state index contributed by atoms with van der Waals surface area (Å²) in [6, 6.07) is 7.44. The molecule has 1 aromatic heterocycles. The lowest BCUT2D eigenvalue weighted by Gasteiger charge is -2.21. The molecule has 7 heteroatoms. The van der Waals surface area contributed by atoms with E-state index in [1.165, 1.54) is 23.1 Å². The molecule has 1 heterocycles. The summed E-state index contributed by atoms with van der Waals surface area (Å²) in [6.07, 6.45) is 1.08. The van der Waals surface area contributed by atoms with Crippen LogP contribution in [0.2, 0.25) is 0 Å². The molecule has 0 saturated heterocycles. The van der Waals surface area contributed by atoms with E-state index in [1.54, 1.807) is 24.4 Å². The minimum Gasteiger partial charge on any atom is -0.334 e. The second kappa shape index (κ2) is 6.58. The van der Waals surface area contributed by atoms with Gasteiger partial charge in [-0.05, 0) is 36.1 Å². The van der Waals surface area contributed by atoms with Gasteiger partial charge in [-0.3, -0.25) is 4.79 Å². The van der Waals surface area contributed by atoms with E-state index < -0.39 is 9.84 Å². The van der Waals surface area contributed by atoms with Gasteiger partial charge in [0.15, 0.2) is 9.84 Å². The second-order valence-corrected chi connectivity index (χ2v) is 7.74. The SMILES string of the molecule is CCN(Cc1cccc(F)c1)C(=O)c1sccc1S(C)(=O)=O. The predicted octanol–water partition coefficient (Wildman–Crippen LogP) is 2.95. The standard InChI is InChI=1S/C15H16FNO3S2/c1-3-17(10-11-5-4-6-12(16)9-11)15(18)14-13(7-8-21-14)22(2,19)20/h4-9H,3,10H2,1-2H3. The third-order valence-corrected chi connectivity index (χ3v) is 5.32. The second-order valence-electron chi connectivity index (χ2n) is 4.84. The summed E-state index contributed by atoms with van der Waals surface area (Å²) >= 11 is 1.10. The molecule has 0 saturated carbocycles. The number of amides is 1. The molecule has 0 N–H and O–H groups in total. The summed E-state index contributed by atoms with van der Waals surface area (Å²) < 4.78 is 36.7. The van der Waals surface area contributed by atoms with Crippen molar-refractivity contribution in [3.63, 3.8) is 0 Å². The monoisotopic (exact) mass is 341 g/mol. The lowest BCUT2D eigenvalue weighted by molar-refractivity contribution is 0.0754. The fraction of sp³-hybridized carbons (Fsp3) is 0.267. The molecule has 0 unspecified atom stereocenters. The Kier molecular flexibility index (Phi) is 4.97. The van der Waals surface area contributed by atoms with Gasteiger partial charge in [-0.2, -0.15) is 0 Å². The number of hydrogen-bond acceptors (Lipinski definition) is 4. The third kappa shape index (κ3) is 3.72. The average molecular weight is 341 g/mol. The molecule has 1 amide bonds. The molecule has 0 atom stereocenters. The molecule has 0 radical (unpaired) electrons. The number of carbonyl (C=O) groups excluding carboxylic acids is 1. The number of sulfone groups is 1. The Morgan fingerprint density at radius 3 is 2.64 bits per heavy atom. The van der Waals surface area contributed by atoms with E-state index >= 15 is 0 Å². The normalized spacial score (nSPS) is 11.4. The average Bonchev–Trinajstić information content (AvgIpc) is 2.93. The molecule has 0 fully saturated rings. The molecule has 2 rings (SSSR count). The summed E-state index contributed by atoms with van der Waals surface area (Å²) in [5, 5.41) is 1.58. The van der Waals surface area contributed by atoms with Gasteiger partial charge in [0.25, 0.3) is 5.91 Å². The maximum atomic E-state index is 13.2. The molecule has 0 aliphatic carbocycles. The number of halogens is 1. The van der Waals surface area contributed by atoms with Crippen molar-refractivity contribution in [1.29, 1.82) is 0 Å². The highest BCUT2D eigenvalue weighted by atomic mass is 32.2. The van der Waals surface area contributed by atoms with Crippen LogP contribution in [0.15, 0.2) is 40.6 Å². The van der Waals surface area contributed by atoms with Crippen molar-refractivity contribution in [2.45, 2.75) is 18.4 Å². The minimum atomic E-state index is -3.45. The number of hydrogen-bond donors (Lipinski definition) is 0. The zero-order valence-corrected chi connectivity index (χ0v) is 13.9. The Hall–Kier alpha value is -1.73. The maximum Gasteiger partial charge on any atom is 0.265 e. The number of thiophene rings is 1. The minimum absolute atomic E-state index is 0.0418. The lowest BCUT2D eigenvalue weighted by atomic mass is 10.2. The van der Waals surface area contributed by atoms with Gasteiger partial charge < -0.3 is 4.90 Å². The molecular weight excluding hydrogens is 325 g/mol. The summed E-state index contributed by atoms with van der Waals surface area (Å²) in [5.41, 5.74) is 0.660. The van der Waals surface area contributed by atoms with Crippen LogP contribution in [0.1, 0.15) is 22.2 Å². The smallest absolute Gasteiger partial charge is 0.265 e. The number of carbonyl (C=O) groups is 1. The van der Waals surface area contributed by atoms with Crippen LogP contribution in [-0.2, 0) is 16.4 Å². The van der Waals surface area contributed by atoms with E-state index in [1.807, 2.05) is 0 Å². The molecule has 118 valence electrons. The molecular formula is C15H16FNO3S2. The molecule has 0 bridgehead atoms. The topological polar surface area (TPSA) is 54.5 Å². The summed E-state index contributed by atoms with van der Waals surface area (Å²) in [6.45, 7) is 2.43. The summed E-state index contributed by atoms with van der Waals surface area (Å²) in [7, 11) is -3.45. The first-order valence-electron chi connectivity index (χ1n) is 6.64. The van der Waals surface area contributed by atoms with E-state index in [9.17, 15) is 17.6 Å². The molecule has 22 heavy (non-hydrogen) atoms. The van der Waals surface area contributed by atoms with Crippen LogP contribution in [0.5, 0.6) is 0 Å². The Labute approximate surface area is 133 Å². The Balaban J connectivity index is 2.29. The van der Waals surface area contributed by atoms with Crippen LogP contribution < -0.4 is 0 Å². The highest BCUT2D eigenvalue weighted by Crippen LogP contribution is 2.24. The van der Waals surface area contributed by atoms with E-state index in [0.717, 1.165) is 17.6 Å². The van der Waals surface area contributed by atoms with Crippen LogP contribution in [0.3, 0.4) is 0 Å². The number of rotatable bonds is 5. The van der Waals surface area contributed by atoms with Crippen molar-refractivity contribution in [2.75, 3.05) is 12.8 Å². The Morgan fingerprint density at radius 2 is 2.05 bits per heavy atom. The summed E-state index contributed by atoms with van der Waals surface area (Å²) in [4.78, 5) is 14.3. The van der Waals surface area contributed by atoms with Crippen LogP contribution >= 0.6 is 11.3 Å². The van der Waals surface area contributed by atoms with Crippen molar-refractivity contribution in [3.8, 4) is 0 Å². The summed E-state index contributed by atoms with van der Waals surface area (Å²) in [5.74, 6) is -0.726. The Bertz CT molecular complexity index is 784. The van der Waals surface area contributed by atoms with Crippen molar-refractivity contribution in [1.82, 2.24) is 4.90 Å². The van der Waals surface area contributed by atoms with Gasteiger partial charge in [0.2, 0.25) is 0 Å². The zero-order chi connectivity index (χ0) is 16.3. The third-order valence-electron chi connectivity index (χ3n) is 3.15. The zero-order valence-electron chi connectivity index (χ0n) is 12.2. The van der Waals surface area contributed by atoms with Crippen LogP contribution in [0, 0.1) is 5.82 Å². The first-order valence-corrected chi connectivity index (χ1v) is 9.41. The molecule has 2 aromatic rings. The molecule has 1 aromatic carbocycles. The quantitative estimate of drug-likeness (QED) is 0.840. The first-order chi connectivity index (χ1) is 10.3. The molecule has 0 aliphatic heterocycles. The van der Waals surface area contributed by atoms with Crippen molar-refractivity contribution < 1.29 is 17.6 Å². The first kappa shape index (κ1) is 16.6. The number of benzene rings is 1. The molecule has 0 aliphatic rings. The fourth-order valence-electron chi connectivity index (χ4n) is 2.07. The van der Waals surface area contributed by atoms with Crippen molar-refractivity contribution in [3.05, 3.63) is 52.0 Å². The highest BCUT2D eigenvalue weighted by molar-refractivity contribution is 7.91. The lowest BCUT2D eigenvalue weighted by Crippen LogP contribution is -2.30. The van der Waals surface area contributed by atoms with E-state index in [0.29, 0.717) is 12.1 Å². The van der Waals surface area contributed by atoms with Gasteiger partial charge >= 0.3 is 0 Å². The van der Waals surface area contributed by atoms with E-state index in [2.05, 4.69) is 0 Å². The van der Waals surface area contributed by atoms with E-state index in [4.69, 9.17) is 0 Å². The van der Waals surface area contributed by atoms with Gasteiger partial charge in [-0.1, -0.05) is 12.1 Å². The highest BCUT2D eigenvalue weighted by Gasteiger charge is 2.24. The van der Waals surface area contributed by atoms with Gasteiger partial charge in [-0.25, -0.2) is 12.8 Å². The van der Waals surface area contributed by atoms with Gasteiger partial charge in [0.05, 0.1) is 4.90 Å².